The minimum atomic E-state index is -3.57. The first-order valence-corrected chi connectivity index (χ1v) is 3.36. The summed E-state index contributed by atoms with van der Waals surface area (Å²) < 4.78 is 4.74. The number of nitrogens with zero attached hydrogens (tertiary/aromatic N) is 1. The van der Waals surface area contributed by atoms with E-state index in [0.29, 0.717) is 0 Å². The smallest absolute Gasteiger partial charge is 0.555 e. The summed E-state index contributed by atoms with van der Waals surface area (Å²) in [6.45, 7) is -3.57. The van der Waals surface area contributed by atoms with Crippen LogP contribution in [0.15, 0.2) is 18.3 Å². The number of hydrogen-bond acceptors (Lipinski definition) is 5. The van der Waals surface area contributed by atoms with Crippen molar-refractivity contribution in [3.8, 4) is 5.75 Å². The molecule has 7 heteroatoms. The second-order valence-corrected chi connectivity index (χ2v) is 2.32. The van der Waals surface area contributed by atoms with Crippen LogP contribution in [0.25, 0.3) is 0 Å². The van der Waals surface area contributed by atoms with Crippen LogP contribution in [0.2, 0.25) is 0 Å². The van der Waals surface area contributed by atoms with Gasteiger partial charge in [0.25, 0.3) is 0 Å². The molecule has 0 saturated heterocycles. The molecule has 0 atom stereocenters. The summed E-state index contributed by atoms with van der Waals surface area (Å²) in [4.78, 5) is 3.57. The van der Waals surface area contributed by atoms with Crippen molar-refractivity contribution in [2.24, 2.45) is 0 Å². The molecular weight excluding hydrogens is 168 g/mol. The molecule has 66 valence electrons. The molecule has 0 bridgehead atoms. The molecule has 0 radical (unpaired) electrons. The molecule has 0 saturated carbocycles. The van der Waals surface area contributed by atoms with E-state index < -0.39 is 6.75 Å². The van der Waals surface area contributed by atoms with Crippen molar-refractivity contribution in [1.29, 1.82) is 0 Å². The van der Waals surface area contributed by atoms with Crippen LogP contribution in [-0.2, 0) is 0 Å². The van der Waals surface area contributed by atoms with Crippen LogP contribution < -0.4 is 29.2 Å². The summed E-state index contributed by atoms with van der Waals surface area (Å²) in [5, 5.41) is 26.5. The van der Waals surface area contributed by atoms with Crippen molar-refractivity contribution in [3.63, 3.8) is 0 Å². The number of rotatable bonds is 2. The van der Waals surface area contributed by atoms with Crippen molar-refractivity contribution in [3.05, 3.63) is 18.3 Å². The molecular formula is C6H9BLiNO4. The van der Waals surface area contributed by atoms with Gasteiger partial charge in [0.15, 0.2) is 0 Å². The van der Waals surface area contributed by atoms with Crippen LogP contribution in [0.1, 0.15) is 0 Å². The summed E-state index contributed by atoms with van der Waals surface area (Å²) in [5.74, 6) is 0.144. The van der Waals surface area contributed by atoms with Crippen molar-refractivity contribution in [1.82, 2.24) is 4.98 Å². The molecule has 0 amide bonds. The van der Waals surface area contributed by atoms with Crippen molar-refractivity contribution in [2.45, 2.75) is 0 Å². The van der Waals surface area contributed by atoms with Crippen molar-refractivity contribution < 1.29 is 38.7 Å². The maximum atomic E-state index is 8.83. The third kappa shape index (κ3) is 3.03. The molecule has 0 aromatic carbocycles. The molecule has 5 nitrogen and oxygen atoms in total. The molecule has 3 N–H and O–H groups in total. The zero-order valence-electron chi connectivity index (χ0n) is 7.51. The van der Waals surface area contributed by atoms with E-state index in [9.17, 15) is 0 Å². The van der Waals surface area contributed by atoms with E-state index >= 15 is 0 Å². The van der Waals surface area contributed by atoms with Gasteiger partial charge in [-0.2, -0.15) is 0 Å². The quantitative estimate of drug-likeness (QED) is 0.395. The van der Waals surface area contributed by atoms with E-state index in [2.05, 4.69) is 4.98 Å². The first-order chi connectivity index (χ1) is 5.55. The molecule has 13 heavy (non-hydrogen) atoms. The molecule has 0 aliphatic heterocycles. The molecule has 0 aliphatic carbocycles. The van der Waals surface area contributed by atoms with Gasteiger partial charge in [-0.05, 0) is 12.1 Å². The molecule has 1 aromatic rings. The largest absolute Gasteiger partial charge is 1.00 e. The second-order valence-electron chi connectivity index (χ2n) is 2.32. The summed E-state index contributed by atoms with van der Waals surface area (Å²) in [6.07, 6.45) is 1.33. The minimum absolute atomic E-state index is 0. The van der Waals surface area contributed by atoms with Gasteiger partial charge < -0.3 is 19.8 Å². The Morgan fingerprint density at radius 3 is 2.38 bits per heavy atom. The second kappa shape index (κ2) is 4.65. The summed E-state index contributed by atoms with van der Waals surface area (Å²) >= 11 is 0. The monoisotopic (exact) mass is 177 g/mol. The maximum absolute atomic E-state index is 8.83. The molecule has 0 spiro atoms. The topological polar surface area (TPSA) is 82.8 Å². The number of aromatic nitrogens is 1. The fourth-order valence-corrected chi connectivity index (χ4v) is 0.866. The third-order valence-electron chi connectivity index (χ3n) is 1.39. The molecule has 1 heterocycles. The number of ether oxygens (including phenoxy) is 1. The number of pyridine rings is 1. The average molecular weight is 177 g/mol. The third-order valence-corrected chi connectivity index (χ3v) is 1.39. The van der Waals surface area contributed by atoms with Gasteiger partial charge in [-0.25, -0.2) is 0 Å². The zero-order valence-corrected chi connectivity index (χ0v) is 7.51. The van der Waals surface area contributed by atoms with Gasteiger partial charge in [-0.3, -0.25) is 4.98 Å². The predicted octanol–water partition coefficient (Wildman–Crippen LogP) is -4.78. The fourth-order valence-electron chi connectivity index (χ4n) is 0.866. The van der Waals surface area contributed by atoms with Crippen molar-refractivity contribution in [2.75, 3.05) is 7.11 Å². The summed E-state index contributed by atoms with van der Waals surface area (Å²) in [6, 6.07) is 3.03. The van der Waals surface area contributed by atoms with E-state index in [1.54, 1.807) is 6.07 Å². The Kier molecular flexibility index (Phi) is 4.47. The van der Waals surface area contributed by atoms with Gasteiger partial charge in [-0.1, -0.05) is 0 Å². The van der Waals surface area contributed by atoms with E-state index in [0.717, 1.165) is 0 Å². The molecule has 1 aromatic heterocycles. The first kappa shape index (κ1) is 12.5. The predicted molar refractivity (Wildman–Crippen MR) is 42.8 cm³/mol. The molecule has 0 aliphatic rings. The van der Waals surface area contributed by atoms with E-state index in [-0.39, 0.29) is 30.2 Å². The minimum Gasteiger partial charge on any atom is -0.555 e. The average Bonchev–Trinajstić information content (AvgIpc) is 2.03. The van der Waals surface area contributed by atoms with Gasteiger partial charge in [0.1, 0.15) is 5.75 Å². The Hall–Kier alpha value is -0.508. The van der Waals surface area contributed by atoms with E-state index in [4.69, 9.17) is 19.8 Å². The van der Waals surface area contributed by atoms with Gasteiger partial charge in [-0.15, -0.1) is 0 Å². The molecule has 0 unspecified atom stereocenters. The van der Waals surface area contributed by atoms with Crippen LogP contribution in [0, 0.1) is 0 Å². The SMILES string of the molecule is COc1cccnc1[B-](O)(O)O.[Li+]. The Balaban J connectivity index is 0.00000144. The molecule has 0 fully saturated rings. The van der Waals surface area contributed by atoms with Crippen molar-refractivity contribution >= 4 is 12.3 Å². The summed E-state index contributed by atoms with van der Waals surface area (Å²) in [5.41, 5.74) is -0.264. The van der Waals surface area contributed by atoms with Crippen LogP contribution in [0.3, 0.4) is 0 Å². The fraction of sp³-hybridized carbons (Fsp3) is 0.167. The summed E-state index contributed by atoms with van der Waals surface area (Å²) in [7, 11) is 1.35. The van der Waals surface area contributed by atoms with Crippen LogP contribution >= 0.6 is 0 Å². The van der Waals surface area contributed by atoms with Gasteiger partial charge in [0.05, 0.1) is 7.11 Å². The number of hydrogen-bond donors (Lipinski definition) is 3. The Bertz CT molecular complexity index is 278. The Morgan fingerprint density at radius 2 is 2.00 bits per heavy atom. The normalized spacial score (nSPS) is 10.5. The van der Waals surface area contributed by atoms with Crippen LogP contribution in [-0.4, -0.2) is 33.9 Å². The Morgan fingerprint density at radius 1 is 1.38 bits per heavy atom. The van der Waals surface area contributed by atoms with Crippen LogP contribution in [0.4, 0.5) is 0 Å². The van der Waals surface area contributed by atoms with E-state index in [1.807, 2.05) is 0 Å². The molecule has 1 rings (SSSR count). The van der Waals surface area contributed by atoms with Crippen LogP contribution in [0.5, 0.6) is 5.75 Å². The first-order valence-electron chi connectivity index (χ1n) is 3.36. The standard InChI is InChI=1S/C6H9BNO4.Li/c1-12-5-3-2-4-8-6(5)7(9,10)11;/h2-4,9-11H,1H3;/q-1;+1. The van der Waals surface area contributed by atoms with Gasteiger partial charge in [0.2, 0.25) is 0 Å². The zero-order chi connectivity index (χ0) is 9.19. The Labute approximate surface area is 87.6 Å². The number of methoxy groups -OCH3 is 1. The van der Waals surface area contributed by atoms with Gasteiger partial charge >= 0.3 is 25.6 Å². The maximum Gasteiger partial charge on any atom is 1.00 e. The van der Waals surface area contributed by atoms with Gasteiger partial charge in [0, 0.05) is 11.8 Å². The van der Waals surface area contributed by atoms with E-state index in [1.165, 1.54) is 19.4 Å².